The Bertz CT molecular complexity index is 118. The molecule has 1 N–H and O–H groups in total. The smallest absolute Gasteiger partial charge is 0.250 e. The van der Waals surface area contributed by atoms with Crippen molar-refractivity contribution < 1.29 is 18.6 Å². The maximum absolute atomic E-state index is 12.6. The van der Waals surface area contributed by atoms with Crippen molar-refractivity contribution >= 4 is 0 Å². The number of aliphatic hydroxyl groups excluding tert-OH is 1. The minimum Gasteiger partial charge on any atom is -0.396 e. The normalized spacial score (nSPS) is 12.0. The van der Waals surface area contributed by atoms with Crippen LogP contribution in [0.2, 0.25) is 0 Å². The number of unbranched alkanes of at least 4 members (excludes halogenated alkanes) is 1. The van der Waals surface area contributed by atoms with Gasteiger partial charge in [0.2, 0.25) is 5.92 Å². The topological polar surface area (TPSA) is 29.5 Å². The van der Waals surface area contributed by atoms with Gasteiger partial charge in [0.05, 0.1) is 6.61 Å². The molecule has 0 aromatic carbocycles. The van der Waals surface area contributed by atoms with Crippen molar-refractivity contribution in [2.75, 3.05) is 19.8 Å². The van der Waals surface area contributed by atoms with Gasteiger partial charge in [0.1, 0.15) is 0 Å². The van der Waals surface area contributed by atoms with E-state index in [2.05, 4.69) is 0 Å². The average molecular weight is 196 g/mol. The van der Waals surface area contributed by atoms with Crippen molar-refractivity contribution in [1.29, 1.82) is 0 Å². The van der Waals surface area contributed by atoms with E-state index in [9.17, 15) is 8.78 Å². The van der Waals surface area contributed by atoms with E-state index in [0.717, 1.165) is 6.42 Å². The fourth-order valence-corrected chi connectivity index (χ4v) is 0.816. The van der Waals surface area contributed by atoms with Gasteiger partial charge in [0.25, 0.3) is 0 Å². The van der Waals surface area contributed by atoms with Crippen molar-refractivity contribution in [2.24, 2.45) is 0 Å². The van der Waals surface area contributed by atoms with E-state index in [1.807, 2.05) is 0 Å². The van der Waals surface area contributed by atoms with E-state index in [4.69, 9.17) is 9.84 Å². The Morgan fingerprint density at radius 3 is 2.46 bits per heavy atom. The first-order valence-corrected chi connectivity index (χ1v) is 4.69. The number of hydrogen-bond acceptors (Lipinski definition) is 2. The minimum absolute atomic E-state index is 0.103. The summed E-state index contributed by atoms with van der Waals surface area (Å²) < 4.78 is 30.2. The van der Waals surface area contributed by atoms with Gasteiger partial charge in [-0.15, -0.1) is 0 Å². The summed E-state index contributed by atoms with van der Waals surface area (Å²) in [4.78, 5) is 0. The van der Waals surface area contributed by atoms with Crippen LogP contribution < -0.4 is 0 Å². The van der Waals surface area contributed by atoms with Crippen LogP contribution in [-0.4, -0.2) is 30.8 Å². The van der Waals surface area contributed by atoms with Crippen molar-refractivity contribution in [1.82, 2.24) is 0 Å². The summed E-state index contributed by atoms with van der Waals surface area (Å²) in [7, 11) is 0. The van der Waals surface area contributed by atoms with E-state index >= 15 is 0 Å². The summed E-state index contributed by atoms with van der Waals surface area (Å²) in [6.07, 6.45) is 1.06. The van der Waals surface area contributed by atoms with Gasteiger partial charge < -0.3 is 9.84 Å². The van der Waals surface area contributed by atoms with Crippen LogP contribution in [0.15, 0.2) is 0 Å². The highest BCUT2D eigenvalue weighted by atomic mass is 19.3. The number of hydrogen-bond donors (Lipinski definition) is 1. The Balaban J connectivity index is 3.16. The first kappa shape index (κ1) is 12.8. The highest BCUT2D eigenvalue weighted by Crippen LogP contribution is 2.21. The van der Waals surface area contributed by atoms with Crippen LogP contribution >= 0.6 is 0 Å². The Kier molecular flexibility index (Phi) is 7.09. The lowest BCUT2D eigenvalue weighted by Crippen LogP contribution is -2.17. The number of alkyl halides is 2. The zero-order valence-electron chi connectivity index (χ0n) is 8.06. The van der Waals surface area contributed by atoms with Gasteiger partial charge in [0, 0.05) is 26.1 Å². The van der Waals surface area contributed by atoms with Crippen LogP contribution in [0.5, 0.6) is 0 Å². The molecule has 0 spiro atoms. The largest absolute Gasteiger partial charge is 0.396 e. The highest BCUT2D eigenvalue weighted by molar-refractivity contribution is 4.62. The Morgan fingerprint density at radius 1 is 1.23 bits per heavy atom. The number of aliphatic hydroxyl groups is 1. The molecule has 0 saturated carbocycles. The van der Waals surface area contributed by atoms with Crippen LogP contribution in [-0.2, 0) is 4.74 Å². The zero-order chi connectivity index (χ0) is 10.2. The lowest BCUT2D eigenvalue weighted by atomic mass is 10.2. The van der Waals surface area contributed by atoms with Gasteiger partial charge in [-0.05, 0) is 12.8 Å². The molecule has 0 amide bonds. The molecule has 80 valence electrons. The van der Waals surface area contributed by atoms with Crippen LogP contribution in [0, 0.1) is 0 Å². The van der Waals surface area contributed by atoms with E-state index in [1.165, 1.54) is 6.92 Å². The molecule has 0 aliphatic rings. The van der Waals surface area contributed by atoms with Crippen molar-refractivity contribution in [2.45, 2.75) is 38.5 Å². The summed E-state index contributed by atoms with van der Waals surface area (Å²) in [6, 6.07) is 0. The molecule has 0 aliphatic heterocycles. The van der Waals surface area contributed by atoms with Gasteiger partial charge in [-0.3, -0.25) is 0 Å². The standard InChI is InChI=1S/C9H18F2O2/c1-2-9(10,11)5-8-13-7-4-3-6-12/h12H,2-8H2,1H3. The van der Waals surface area contributed by atoms with Gasteiger partial charge in [-0.1, -0.05) is 6.92 Å². The van der Waals surface area contributed by atoms with E-state index in [-0.39, 0.29) is 26.1 Å². The number of ether oxygens (including phenoxy) is 1. The molecule has 0 radical (unpaired) electrons. The van der Waals surface area contributed by atoms with E-state index < -0.39 is 5.92 Å². The molecule has 0 unspecified atom stereocenters. The third kappa shape index (κ3) is 8.12. The predicted molar refractivity (Wildman–Crippen MR) is 47.0 cm³/mol. The SMILES string of the molecule is CCC(F)(F)CCOCCCCO. The summed E-state index contributed by atoms with van der Waals surface area (Å²) in [6.45, 7) is 2.16. The summed E-state index contributed by atoms with van der Waals surface area (Å²) in [5, 5.41) is 8.41. The van der Waals surface area contributed by atoms with Crippen molar-refractivity contribution in [3.05, 3.63) is 0 Å². The molecule has 4 heteroatoms. The summed E-state index contributed by atoms with van der Waals surface area (Å²) in [5.41, 5.74) is 0. The first-order valence-electron chi connectivity index (χ1n) is 4.69. The fraction of sp³-hybridized carbons (Fsp3) is 1.00. The molecule has 0 bridgehead atoms. The molecule has 13 heavy (non-hydrogen) atoms. The predicted octanol–water partition coefficient (Wildman–Crippen LogP) is 2.21. The van der Waals surface area contributed by atoms with Crippen LogP contribution in [0.25, 0.3) is 0 Å². The molecule has 0 fully saturated rings. The Morgan fingerprint density at radius 2 is 1.92 bits per heavy atom. The molecule has 0 aliphatic carbocycles. The molecular weight excluding hydrogens is 178 g/mol. The van der Waals surface area contributed by atoms with Gasteiger partial charge >= 0.3 is 0 Å². The molecule has 0 rings (SSSR count). The molecule has 0 aromatic heterocycles. The summed E-state index contributed by atoms with van der Waals surface area (Å²) >= 11 is 0. The molecule has 0 saturated heterocycles. The number of rotatable bonds is 8. The molecule has 0 atom stereocenters. The first-order chi connectivity index (χ1) is 6.12. The Hall–Kier alpha value is -0.220. The second-order valence-corrected chi connectivity index (χ2v) is 3.00. The third-order valence-corrected chi connectivity index (χ3v) is 1.83. The van der Waals surface area contributed by atoms with Gasteiger partial charge in [0.15, 0.2) is 0 Å². The average Bonchev–Trinajstić information content (AvgIpc) is 2.11. The molecular formula is C9H18F2O2. The van der Waals surface area contributed by atoms with E-state index in [1.54, 1.807) is 0 Å². The van der Waals surface area contributed by atoms with Gasteiger partial charge in [-0.2, -0.15) is 0 Å². The second kappa shape index (κ2) is 7.21. The zero-order valence-corrected chi connectivity index (χ0v) is 8.06. The fourth-order valence-electron chi connectivity index (χ4n) is 0.816. The lowest BCUT2D eigenvalue weighted by Gasteiger charge is -2.13. The van der Waals surface area contributed by atoms with E-state index in [0.29, 0.717) is 13.0 Å². The monoisotopic (exact) mass is 196 g/mol. The van der Waals surface area contributed by atoms with Gasteiger partial charge in [-0.25, -0.2) is 8.78 Å². The molecule has 2 nitrogen and oxygen atoms in total. The second-order valence-electron chi connectivity index (χ2n) is 3.00. The van der Waals surface area contributed by atoms with Crippen molar-refractivity contribution in [3.8, 4) is 0 Å². The van der Waals surface area contributed by atoms with Crippen LogP contribution in [0.4, 0.5) is 8.78 Å². The third-order valence-electron chi connectivity index (χ3n) is 1.83. The molecule has 0 aromatic rings. The minimum atomic E-state index is -2.59. The molecule has 0 heterocycles. The number of halogens is 2. The maximum atomic E-state index is 12.6. The van der Waals surface area contributed by atoms with Crippen molar-refractivity contribution in [3.63, 3.8) is 0 Å². The van der Waals surface area contributed by atoms with Crippen LogP contribution in [0.1, 0.15) is 32.6 Å². The summed E-state index contributed by atoms with van der Waals surface area (Å²) in [5.74, 6) is -2.59. The quantitative estimate of drug-likeness (QED) is 0.603. The highest BCUT2D eigenvalue weighted by Gasteiger charge is 2.25. The maximum Gasteiger partial charge on any atom is 0.250 e. The van der Waals surface area contributed by atoms with Crippen LogP contribution in [0.3, 0.4) is 0 Å². The Labute approximate surface area is 77.9 Å². The lowest BCUT2D eigenvalue weighted by molar-refractivity contribution is -0.0363.